The number of carbonyl (C=O) groups excluding carboxylic acids is 1. The minimum Gasteiger partial charge on any atom is -0.378 e. The lowest BCUT2D eigenvalue weighted by Crippen LogP contribution is -2.49. The van der Waals surface area contributed by atoms with Crippen LogP contribution in [0.3, 0.4) is 0 Å². The number of carbonyl (C=O) groups is 1. The Hall–Kier alpha value is -3.01. The fraction of sp³-hybridized carbons (Fsp3) is 0.625. The maximum Gasteiger partial charge on any atom is 0.228 e. The SMILES string of the molecule is CC1(C(=O)N2CC[C@](C)(N3CCc4c(-c5cnc(N)nc5)nc(N5CCOCC5)nc43)C2)CC1. The van der Waals surface area contributed by atoms with Gasteiger partial charge in [0.15, 0.2) is 0 Å². The molecule has 34 heavy (non-hydrogen) atoms. The molecule has 0 unspecified atom stereocenters. The Bertz CT molecular complexity index is 1110. The number of hydrogen-bond donors (Lipinski definition) is 1. The second-order valence-electron chi connectivity index (χ2n) is 10.5. The van der Waals surface area contributed by atoms with Gasteiger partial charge in [-0.25, -0.2) is 15.0 Å². The second-order valence-corrected chi connectivity index (χ2v) is 10.5. The summed E-state index contributed by atoms with van der Waals surface area (Å²) in [7, 11) is 0. The molecule has 0 radical (unpaired) electrons. The summed E-state index contributed by atoms with van der Waals surface area (Å²) in [6.45, 7) is 9.61. The standard InChI is InChI=1S/C24H32N8O2/c1-23(4-5-23)20(33)31-8-6-24(2,15-31)32-7-3-17-18(16-13-26-21(25)27-14-16)28-22(29-19(17)32)30-9-11-34-12-10-30/h13-14H,3-12,15H2,1-2H3,(H2,25,26,27)/t24-/m0/s1. The van der Waals surface area contributed by atoms with Gasteiger partial charge in [-0.15, -0.1) is 0 Å². The normalized spacial score (nSPS) is 25.5. The van der Waals surface area contributed by atoms with Crippen LogP contribution in [0, 0.1) is 5.41 Å². The molecule has 4 aliphatic rings. The van der Waals surface area contributed by atoms with Crippen LogP contribution in [-0.4, -0.2) is 82.2 Å². The molecule has 0 spiro atoms. The molecule has 2 aromatic heterocycles. The third-order valence-electron chi connectivity index (χ3n) is 7.96. The maximum atomic E-state index is 13.0. The Morgan fingerprint density at radius 2 is 1.76 bits per heavy atom. The zero-order chi connectivity index (χ0) is 23.5. The molecule has 1 atom stereocenters. The molecular formula is C24H32N8O2. The van der Waals surface area contributed by atoms with E-state index < -0.39 is 0 Å². The van der Waals surface area contributed by atoms with Crippen LogP contribution >= 0.6 is 0 Å². The van der Waals surface area contributed by atoms with Crippen molar-refractivity contribution < 1.29 is 9.53 Å². The summed E-state index contributed by atoms with van der Waals surface area (Å²) in [6, 6.07) is 0. The molecule has 0 bridgehead atoms. The van der Waals surface area contributed by atoms with Gasteiger partial charge in [0, 0.05) is 61.7 Å². The van der Waals surface area contributed by atoms with Crippen molar-refractivity contribution in [3.63, 3.8) is 0 Å². The Balaban J connectivity index is 1.37. The van der Waals surface area contributed by atoms with E-state index in [0.717, 1.165) is 81.0 Å². The highest BCUT2D eigenvalue weighted by Gasteiger charge is 2.51. The molecule has 2 saturated heterocycles. The summed E-state index contributed by atoms with van der Waals surface area (Å²) >= 11 is 0. The molecule has 0 aromatic carbocycles. The minimum atomic E-state index is -0.155. The van der Waals surface area contributed by atoms with Gasteiger partial charge in [0.2, 0.25) is 17.8 Å². The molecule has 180 valence electrons. The van der Waals surface area contributed by atoms with E-state index in [0.29, 0.717) is 25.1 Å². The van der Waals surface area contributed by atoms with Gasteiger partial charge < -0.3 is 25.2 Å². The highest BCUT2D eigenvalue weighted by atomic mass is 16.5. The van der Waals surface area contributed by atoms with Crippen molar-refractivity contribution in [3.8, 4) is 11.3 Å². The highest BCUT2D eigenvalue weighted by Crippen LogP contribution is 2.48. The van der Waals surface area contributed by atoms with Crippen molar-refractivity contribution in [3.05, 3.63) is 18.0 Å². The molecule has 10 nitrogen and oxygen atoms in total. The number of hydrogen-bond acceptors (Lipinski definition) is 9. The average Bonchev–Trinajstić information content (AvgIpc) is 3.27. The molecule has 3 aliphatic heterocycles. The molecule has 10 heteroatoms. The number of ether oxygens (including phenoxy) is 1. The number of rotatable bonds is 4. The molecule has 3 fully saturated rings. The molecule has 1 amide bonds. The summed E-state index contributed by atoms with van der Waals surface area (Å²) in [4.78, 5) is 38.2. The van der Waals surface area contributed by atoms with Crippen LogP contribution in [0.15, 0.2) is 12.4 Å². The van der Waals surface area contributed by atoms with E-state index in [2.05, 4.69) is 38.5 Å². The van der Waals surface area contributed by atoms with E-state index >= 15 is 0 Å². The molecule has 5 heterocycles. The van der Waals surface area contributed by atoms with Crippen LogP contribution in [0.4, 0.5) is 17.7 Å². The molecular weight excluding hydrogens is 432 g/mol. The molecule has 1 saturated carbocycles. The van der Waals surface area contributed by atoms with Crippen molar-refractivity contribution in [2.24, 2.45) is 5.41 Å². The predicted octanol–water partition coefficient (Wildman–Crippen LogP) is 1.51. The van der Waals surface area contributed by atoms with Crippen LogP contribution in [0.25, 0.3) is 11.3 Å². The summed E-state index contributed by atoms with van der Waals surface area (Å²) in [5.41, 5.74) is 8.28. The molecule has 1 aliphatic carbocycles. The lowest BCUT2D eigenvalue weighted by Gasteiger charge is -2.37. The molecule has 6 rings (SSSR count). The van der Waals surface area contributed by atoms with Crippen molar-refractivity contribution >= 4 is 23.6 Å². The van der Waals surface area contributed by atoms with Crippen LogP contribution in [0.5, 0.6) is 0 Å². The Morgan fingerprint density at radius 3 is 2.47 bits per heavy atom. The zero-order valence-corrected chi connectivity index (χ0v) is 20.0. The maximum absolute atomic E-state index is 13.0. The van der Waals surface area contributed by atoms with Gasteiger partial charge in [-0.1, -0.05) is 6.92 Å². The number of anilines is 3. The number of likely N-dealkylation sites (tertiary alicyclic amines) is 1. The van der Waals surface area contributed by atoms with Crippen LogP contribution in [0.1, 0.15) is 38.7 Å². The first-order valence-electron chi connectivity index (χ1n) is 12.2. The minimum absolute atomic E-state index is 0.137. The quantitative estimate of drug-likeness (QED) is 0.719. The molecule has 2 aromatic rings. The van der Waals surface area contributed by atoms with Crippen molar-refractivity contribution in [2.45, 2.75) is 45.1 Å². The summed E-state index contributed by atoms with van der Waals surface area (Å²) in [5, 5.41) is 0. The monoisotopic (exact) mass is 464 g/mol. The summed E-state index contributed by atoms with van der Waals surface area (Å²) in [6.07, 6.45) is 7.28. The Kier molecular flexibility index (Phi) is 4.91. The van der Waals surface area contributed by atoms with Gasteiger partial charge in [0.25, 0.3) is 0 Å². The van der Waals surface area contributed by atoms with Gasteiger partial charge in [-0.05, 0) is 32.6 Å². The van der Waals surface area contributed by atoms with E-state index in [4.69, 9.17) is 20.4 Å². The van der Waals surface area contributed by atoms with E-state index in [1.807, 2.05) is 0 Å². The van der Waals surface area contributed by atoms with E-state index in [-0.39, 0.29) is 16.9 Å². The fourth-order valence-electron chi connectivity index (χ4n) is 5.49. The van der Waals surface area contributed by atoms with Crippen molar-refractivity contribution in [1.82, 2.24) is 24.8 Å². The van der Waals surface area contributed by atoms with E-state index in [9.17, 15) is 4.79 Å². The van der Waals surface area contributed by atoms with Crippen LogP contribution in [-0.2, 0) is 16.0 Å². The predicted molar refractivity (Wildman–Crippen MR) is 128 cm³/mol. The van der Waals surface area contributed by atoms with Crippen molar-refractivity contribution in [2.75, 3.05) is 61.5 Å². The first-order chi connectivity index (χ1) is 16.4. The van der Waals surface area contributed by atoms with Gasteiger partial charge in [-0.3, -0.25) is 4.79 Å². The number of nitrogen functional groups attached to an aromatic ring is 1. The smallest absolute Gasteiger partial charge is 0.228 e. The first kappa shape index (κ1) is 21.5. The Morgan fingerprint density at radius 1 is 1.03 bits per heavy atom. The summed E-state index contributed by atoms with van der Waals surface area (Å²) in [5.74, 6) is 2.24. The van der Waals surface area contributed by atoms with Gasteiger partial charge in [0.05, 0.1) is 24.4 Å². The third kappa shape index (κ3) is 3.55. The van der Waals surface area contributed by atoms with Gasteiger partial charge in [-0.2, -0.15) is 4.98 Å². The third-order valence-corrected chi connectivity index (χ3v) is 7.96. The number of morpholine rings is 1. The van der Waals surface area contributed by atoms with Gasteiger partial charge >= 0.3 is 0 Å². The number of nitrogens with zero attached hydrogens (tertiary/aromatic N) is 7. The van der Waals surface area contributed by atoms with E-state index in [1.54, 1.807) is 12.4 Å². The average molecular weight is 465 g/mol. The Labute approximate surface area is 199 Å². The highest BCUT2D eigenvalue weighted by molar-refractivity contribution is 5.85. The number of amides is 1. The lowest BCUT2D eigenvalue weighted by molar-refractivity contribution is -0.135. The van der Waals surface area contributed by atoms with Crippen molar-refractivity contribution in [1.29, 1.82) is 0 Å². The summed E-state index contributed by atoms with van der Waals surface area (Å²) < 4.78 is 5.55. The second kappa shape index (κ2) is 7.76. The zero-order valence-electron chi connectivity index (χ0n) is 20.0. The number of nitrogens with two attached hydrogens (primary N) is 1. The topological polar surface area (TPSA) is 114 Å². The van der Waals surface area contributed by atoms with Crippen LogP contribution in [0.2, 0.25) is 0 Å². The lowest BCUT2D eigenvalue weighted by atomic mass is 9.99. The largest absolute Gasteiger partial charge is 0.378 e. The van der Waals surface area contributed by atoms with E-state index in [1.165, 1.54) is 0 Å². The first-order valence-corrected chi connectivity index (χ1v) is 12.2. The molecule has 2 N–H and O–H groups in total. The number of fused-ring (bicyclic) bond motifs is 1. The van der Waals surface area contributed by atoms with Gasteiger partial charge in [0.1, 0.15) is 5.82 Å². The fourth-order valence-corrected chi connectivity index (χ4v) is 5.49. The van der Waals surface area contributed by atoms with Crippen LogP contribution < -0.4 is 15.5 Å². The number of aromatic nitrogens is 4.